The van der Waals surface area contributed by atoms with Crippen molar-refractivity contribution >= 4 is 11.6 Å². The zero-order chi connectivity index (χ0) is 17.3. The van der Waals surface area contributed by atoms with Crippen molar-refractivity contribution < 1.29 is 14.2 Å². The molecule has 1 heterocycles. The molecule has 0 unspecified atom stereocenters. The van der Waals surface area contributed by atoms with Crippen LogP contribution in [0.1, 0.15) is 36.8 Å². The Kier molecular flexibility index (Phi) is 4.48. The fourth-order valence-corrected chi connectivity index (χ4v) is 4.14. The molecule has 5 heteroatoms. The highest BCUT2D eigenvalue weighted by molar-refractivity contribution is 6.32. The van der Waals surface area contributed by atoms with Gasteiger partial charge in [0.15, 0.2) is 11.5 Å². The van der Waals surface area contributed by atoms with Crippen LogP contribution in [0.25, 0.3) is 0 Å². The van der Waals surface area contributed by atoms with Gasteiger partial charge in [-0.25, -0.2) is 0 Å². The number of hydrogen-bond acceptors (Lipinski definition) is 4. The molecule has 132 valence electrons. The van der Waals surface area contributed by atoms with Gasteiger partial charge in [0, 0.05) is 12.1 Å². The molecule has 1 saturated carbocycles. The zero-order valence-corrected chi connectivity index (χ0v) is 15.1. The molecule has 0 saturated heterocycles. The molecule has 1 aliphatic carbocycles. The number of benzene rings is 2. The summed E-state index contributed by atoms with van der Waals surface area (Å²) in [4.78, 5) is 0. The molecule has 25 heavy (non-hydrogen) atoms. The van der Waals surface area contributed by atoms with Crippen molar-refractivity contribution in [2.45, 2.75) is 37.8 Å². The van der Waals surface area contributed by atoms with E-state index in [4.69, 9.17) is 25.8 Å². The number of nitrogens with one attached hydrogen (secondary N) is 1. The number of methoxy groups -OCH3 is 1. The zero-order valence-electron chi connectivity index (χ0n) is 14.3. The first-order chi connectivity index (χ1) is 12.2. The van der Waals surface area contributed by atoms with Crippen LogP contribution < -0.4 is 19.5 Å². The van der Waals surface area contributed by atoms with Gasteiger partial charge in [0.25, 0.3) is 0 Å². The molecule has 2 aliphatic rings. The van der Waals surface area contributed by atoms with Crippen LogP contribution in [-0.4, -0.2) is 13.9 Å². The quantitative estimate of drug-likeness (QED) is 0.844. The van der Waals surface area contributed by atoms with Gasteiger partial charge in [-0.3, -0.25) is 0 Å². The maximum absolute atomic E-state index is 6.31. The van der Waals surface area contributed by atoms with Gasteiger partial charge in [-0.2, -0.15) is 0 Å². The van der Waals surface area contributed by atoms with E-state index in [1.165, 1.54) is 18.4 Å². The number of hydrogen-bond donors (Lipinski definition) is 1. The molecule has 1 fully saturated rings. The average molecular weight is 360 g/mol. The van der Waals surface area contributed by atoms with Gasteiger partial charge in [0.1, 0.15) is 5.75 Å². The second kappa shape index (κ2) is 6.77. The first-order valence-corrected chi connectivity index (χ1v) is 9.06. The number of fused-ring (bicyclic) bond motifs is 1. The summed E-state index contributed by atoms with van der Waals surface area (Å²) in [6.45, 7) is 0.976. The van der Waals surface area contributed by atoms with E-state index in [9.17, 15) is 0 Å². The fourth-order valence-electron chi connectivity index (χ4n) is 3.85. The molecule has 1 N–H and O–H groups in total. The van der Waals surface area contributed by atoms with Crippen molar-refractivity contribution in [2.75, 3.05) is 13.9 Å². The Morgan fingerprint density at radius 3 is 2.60 bits per heavy atom. The molecular formula is C20H22ClNO3. The fraction of sp³-hybridized carbons (Fsp3) is 0.400. The molecular weight excluding hydrogens is 338 g/mol. The van der Waals surface area contributed by atoms with Crippen LogP contribution in [0.5, 0.6) is 17.2 Å². The van der Waals surface area contributed by atoms with E-state index in [-0.39, 0.29) is 12.3 Å². The minimum atomic E-state index is 0.00905. The minimum Gasteiger partial charge on any atom is -0.497 e. The molecule has 0 amide bonds. The van der Waals surface area contributed by atoms with E-state index in [2.05, 4.69) is 17.4 Å². The predicted octanol–water partition coefficient (Wildman–Crippen LogP) is 4.64. The second-order valence-electron chi connectivity index (χ2n) is 6.68. The molecule has 4 rings (SSSR count). The molecule has 0 radical (unpaired) electrons. The lowest BCUT2D eigenvalue weighted by atomic mass is 9.88. The molecule has 4 nitrogen and oxygen atoms in total. The third-order valence-electron chi connectivity index (χ3n) is 5.22. The Morgan fingerprint density at radius 1 is 1.12 bits per heavy atom. The summed E-state index contributed by atoms with van der Waals surface area (Å²) in [7, 11) is 1.70. The van der Waals surface area contributed by atoms with Crippen molar-refractivity contribution in [3.8, 4) is 17.2 Å². The number of ether oxygens (including phenoxy) is 3. The number of halogens is 1. The minimum absolute atomic E-state index is 0.00905. The molecule has 0 atom stereocenters. The van der Waals surface area contributed by atoms with E-state index in [1.54, 1.807) is 7.11 Å². The van der Waals surface area contributed by atoms with Gasteiger partial charge in [-0.05, 0) is 48.2 Å². The van der Waals surface area contributed by atoms with Crippen molar-refractivity contribution in [2.24, 2.45) is 0 Å². The summed E-state index contributed by atoms with van der Waals surface area (Å²) >= 11 is 6.31. The van der Waals surface area contributed by atoms with E-state index < -0.39 is 0 Å². The van der Waals surface area contributed by atoms with E-state index in [0.29, 0.717) is 10.8 Å². The van der Waals surface area contributed by atoms with Crippen LogP contribution in [0.4, 0.5) is 0 Å². The third kappa shape index (κ3) is 3.16. The lowest BCUT2D eigenvalue weighted by Gasteiger charge is -2.31. The SMILES string of the molecule is COc1ccc(C2(NCc3cc(Cl)c4c(c3)OCO4)CCCC2)cc1. The van der Waals surface area contributed by atoms with Gasteiger partial charge in [0.2, 0.25) is 6.79 Å². The van der Waals surface area contributed by atoms with Gasteiger partial charge < -0.3 is 19.5 Å². The largest absolute Gasteiger partial charge is 0.497 e. The Morgan fingerprint density at radius 2 is 1.88 bits per heavy atom. The Labute approximate surface area is 153 Å². The molecule has 0 spiro atoms. The lowest BCUT2D eigenvalue weighted by Crippen LogP contribution is -2.39. The Bertz CT molecular complexity index is 754. The Hall–Kier alpha value is -1.91. The van der Waals surface area contributed by atoms with Gasteiger partial charge in [-0.15, -0.1) is 0 Å². The maximum Gasteiger partial charge on any atom is 0.231 e. The number of rotatable bonds is 5. The van der Waals surface area contributed by atoms with Crippen molar-refractivity contribution in [3.05, 3.63) is 52.5 Å². The van der Waals surface area contributed by atoms with Crippen LogP contribution in [0.3, 0.4) is 0 Å². The second-order valence-corrected chi connectivity index (χ2v) is 7.09. The summed E-state index contributed by atoms with van der Waals surface area (Å²) in [6, 6.07) is 12.4. The van der Waals surface area contributed by atoms with Crippen molar-refractivity contribution in [1.82, 2.24) is 5.32 Å². The van der Waals surface area contributed by atoms with Crippen LogP contribution in [0, 0.1) is 0 Å². The van der Waals surface area contributed by atoms with Gasteiger partial charge in [0.05, 0.1) is 12.1 Å². The van der Waals surface area contributed by atoms with Crippen LogP contribution >= 0.6 is 11.6 Å². The standard InChI is InChI=1S/C20H22ClNO3/c1-23-16-6-4-15(5-7-16)20(8-2-3-9-20)22-12-14-10-17(21)19-18(11-14)24-13-25-19/h4-7,10-11,22H,2-3,8-9,12-13H2,1H3. The van der Waals surface area contributed by atoms with E-state index in [1.807, 2.05) is 24.3 Å². The average Bonchev–Trinajstić information content (AvgIpc) is 3.30. The summed E-state index contributed by atoms with van der Waals surface area (Å²) < 4.78 is 16.2. The Balaban J connectivity index is 1.55. The molecule has 0 bridgehead atoms. The summed E-state index contributed by atoms with van der Waals surface area (Å²) in [5.41, 5.74) is 2.43. The summed E-state index contributed by atoms with van der Waals surface area (Å²) in [6.07, 6.45) is 4.75. The first-order valence-electron chi connectivity index (χ1n) is 8.68. The van der Waals surface area contributed by atoms with Crippen LogP contribution in [0.15, 0.2) is 36.4 Å². The normalized spacial score (nSPS) is 17.7. The van der Waals surface area contributed by atoms with Crippen molar-refractivity contribution in [1.29, 1.82) is 0 Å². The van der Waals surface area contributed by atoms with Crippen molar-refractivity contribution in [3.63, 3.8) is 0 Å². The molecule has 2 aromatic carbocycles. The molecule has 1 aliphatic heterocycles. The maximum atomic E-state index is 6.31. The van der Waals surface area contributed by atoms with Gasteiger partial charge >= 0.3 is 0 Å². The highest BCUT2D eigenvalue weighted by Crippen LogP contribution is 2.42. The monoisotopic (exact) mass is 359 g/mol. The van der Waals surface area contributed by atoms with Crippen LogP contribution in [0.2, 0.25) is 5.02 Å². The van der Waals surface area contributed by atoms with E-state index >= 15 is 0 Å². The molecule has 0 aromatic heterocycles. The smallest absolute Gasteiger partial charge is 0.231 e. The topological polar surface area (TPSA) is 39.7 Å². The summed E-state index contributed by atoms with van der Waals surface area (Å²) in [5.74, 6) is 2.27. The first kappa shape index (κ1) is 16.6. The summed E-state index contributed by atoms with van der Waals surface area (Å²) in [5, 5.41) is 4.40. The van der Waals surface area contributed by atoms with E-state index in [0.717, 1.165) is 36.4 Å². The lowest BCUT2D eigenvalue weighted by molar-refractivity contribution is 0.174. The van der Waals surface area contributed by atoms with Crippen LogP contribution in [-0.2, 0) is 12.1 Å². The van der Waals surface area contributed by atoms with Gasteiger partial charge in [-0.1, -0.05) is 36.6 Å². The highest BCUT2D eigenvalue weighted by Gasteiger charge is 2.35. The predicted molar refractivity (Wildman–Crippen MR) is 97.6 cm³/mol. The third-order valence-corrected chi connectivity index (χ3v) is 5.50. The highest BCUT2D eigenvalue weighted by atomic mass is 35.5. The molecule has 2 aromatic rings.